The third-order valence-corrected chi connectivity index (χ3v) is 0. The molecule has 0 saturated heterocycles. The van der Waals surface area contributed by atoms with Gasteiger partial charge >= 0.3 is 80.3 Å². The fourth-order valence-electron chi connectivity index (χ4n) is 0. The molecule has 0 heterocycles. The molecule has 0 atom stereocenters. The predicted molar refractivity (Wildman–Crippen MR) is 42.9 cm³/mol. The molecule has 12 nitrogen and oxygen atoms in total. The van der Waals surface area contributed by atoms with Gasteiger partial charge in [-0.1, -0.05) is 0 Å². The summed E-state index contributed by atoms with van der Waals surface area (Å²) in [6.07, 6.45) is 0. The smallest absolute Gasteiger partial charge is 0.759 e. The molecule has 0 unspecified atom stereocenters. The van der Waals surface area contributed by atoms with E-state index < -0.39 is 31.2 Å². The molecule has 0 aromatic rings. The molecule has 0 rings (SSSR count). The second-order valence-corrected chi connectivity index (χ2v) is 3.67. The van der Waals surface area contributed by atoms with Crippen LogP contribution in [0.15, 0.2) is 0 Å². The first-order valence-electron chi connectivity index (χ1n) is 2.00. The zero-order valence-corrected chi connectivity index (χ0v) is 17.3. The van der Waals surface area contributed by atoms with Crippen molar-refractivity contribution in [2.45, 2.75) is 0 Å². The zero-order valence-electron chi connectivity index (χ0n) is 8.25. The molecule has 0 aromatic heterocycles. The molecule has 0 N–H and O–H groups in total. The molecule has 0 aliphatic carbocycles. The van der Waals surface area contributed by atoms with Crippen LogP contribution in [0.2, 0.25) is 0 Å². The van der Waals surface area contributed by atoms with Crippen LogP contribution in [0.5, 0.6) is 0 Å². The molecule has 0 amide bonds. The molecule has 96 valence electrons. The fourth-order valence-corrected chi connectivity index (χ4v) is 0. The zero-order chi connectivity index (χ0) is 13.5. The van der Waals surface area contributed by atoms with Crippen LogP contribution in [-0.2, 0) is 50.7 Å². The molecule has 0 spiro atoms. The van der Waals surface area contributed by atoms with Crippen molar-refractivity contribution in [1.29, 1.82) is 0 Å². The standard InChI is InChI=1S/Ca.Mg.3H2O4S.Zn/c;;3*1-5(2,3)4;/h;;3*(H2,1,2,3,4);/q2*+2;;;;+2/p-6. The van der Waals surface area contributed by atoms with Gasteiger partial charge < -0.3 is 27.3 Å². The second-order valence-electron chi connectivity index (χ2n) is 1.22. The Morgan fingerprint density at radius 3 is 0.500 bits per heavy atom. The van der Waals surface area contributed by atoms with Gasteiger partial charge in [0, 0.05) is 31.2 Å². The van der Waals surface area contributed by atoms with Gasteiger partial charge in [0.25, 0.3) is 0 Å². The minimum absolute atomic E-state index is 0. The van der Waals surface area contributed by atoms with E-state index in [1.165, 1.54) is 0 Å². The Kier molecular flexibility index (Phi) is 32.1. The Labute approximate surface area is 162 Å². The molecule has 0 aliphatic rings. The van der Waals surface area contributed by atoms with Crippen LogP contribution in [-0.4, -0.2) is 113 Å². The van der Waals surface area contributed by atoms with Crippen LogP contribution >= 0.6 is 0 Å². The maximum atomic E-state index is 8.52. The van der Waals surface area contributed by atoms with Gasteiger partial charge in [-0.25, -0.2) is 0 Å². The van der Waals surface area contributed by atoms with Crippen molar-refractivity contribution in [2.24, 2.45) is 0 Å². The maximum Gasteiger partial charge on any atom is 2.00 e. The molecule has 0 bridgehead atoms. The van der Waals surface area contributed by atoms with Gasteiger partial charge in [-0.15, -0.1) is 0 Å². The Morgan fingerprint density at radius 2 is 0.500 bits per heavy atom. The molecule has 0 saturated carbocycles. The molecule has 0 aromatic carbocycles. The van der Waals surface area contributed by atoms with E-state index in [2.05, 4.69) is 0 Å². The van der Waals surface area contributed by atoms with E-state index in [4.69, 9.17) is 52.6 Å². The molecular weight excluding hydrogens is 418 g/mol. The average molecular weight is 418 g/mol. The maximum absolute atomic E-state index is 8.52. The summed E-state index contributed by atoms with van der Waals surface area (Å²) in [5, 5.41) is 0. The average Bonchev–Trinajstić information content (AvgIpc) is 1.41. The van der Waals surface area contributed by atoms with E-state index in [0.717, 1.165) is 0 Å². The summed E-state index contributed by atoms with van der Waals surface area (Å²) in [6.45, 7) is 0. The van der Waals surface area contributed by atoms with Crippen molar-refractivity contribution >= 4 is 92.0 Å². The Balaban J connectivity index is -0.0000000277. The van der Waals surface area contributed by atoms with E-state index in [0.29, 0.717) is 0 Å². The van der Waals surface area contributed by atoms with Gasteiger partial charge in [-0.2, -0.15) is 0 Å². The first-order chi connectivity index (χ1) is 6.00. The quantitative estimate of drug-likeness (QED) is 0.204. The van der Waals surface area contributed by atoms with Crippen molar-refractivity contribution in [3.05, 3.63) is 0 Å². The Bertz CT molecular complexity index is 348. The summed E-state index contributed by atoms with van der Waals surface area (Å²) < 4.78 is 102. The van der Waals surface area contributed by atoms with Gasteiger partial charge in [0.1, 0.15) is 0 Å². The Morgan fingerprint density at radius 1 is 0.500 bits per heavy atom. The van der Waals surface area contributed by atoms with E-state index in [-0.39, 0.29) is 80.3 Å². The van der Waals surface area contributed by atoms with Crippen LogP contribution in [0.25, 0.3) is 0 Å². The molecule has 0 aliphatic heterocycles. The molecule has 18 heavy (non-hydrogen) atoms. The summed E-state index contributed by atoms with van der Waals surface area (Å²) in [5.74, 6) is 0. The molecule has 0 radical (unpaired) electrons. The van der Waals surface area contributed by atoms with E-state index in [1.54, 1.807) is 0 Å². The Hall–Kier alpha value is 2.26. The van der Waals surface area contributed by atoms with Gasteiger partial charge in [-0.05, 0) is 0 Å². The van der Waals surface area contributed by atoms with E-state index in [1.807, 2.05) is 0 Å². The third-order valence-electron chi connectivity index (χ3n) is 0. The van der Waals surface area contributed by atoms with E-state index in [9.17, 15) is 0 Å². The van der Waals surface area contributed by atoms with Gasteiger partial charge in [0.15, 0.2) is 0 Å². The largest absolute Gasteiger partial charge is 2.00 e. The summed E-state index contributed by atoms with van der Waals surface area (Å²) in [7, 11) is -15.5. The van der Waals surface area contributed by atoms with Gasteiger partial charge in [-0.3, -0.25) is 25.3 Å². The van der Waals surface area contributed by atoms with Crippen LogP contribution < -0.4 is 0 Å². The topological polar surface area (TPSA) is 241 Å². The first-order valence-corrected chi connectivity index (χ1v) is 6.00. The van der Waals surface area contributed by atoms with Crippen molar-refractivity contribution in [3.63, 3.8) is 0 Å². The van der Waals surface area contributed by atoms with Crippen molar-refractivity contribution in [1.82, 2.24) is 0 Å². The SMILES string of the molecule is O=S(=O)([O-])[O-].O=S(=O)([O-])[O-].O=S(=O)([O-])[O-].[Ca+2].[Mg+2].[Zn+2]. The van der Waals surface area contributed by atoms with Crippen LogP contribution in [0.4, 0.5) is 0 Å². The predicted octanol–water partition coefficient (Wildman–Crippen LogP) is -4.78. The molecular formula is CaMgO12S3Zn. The van der Waals surface area contributed by atoms with Crippen LogP contribution in [0.1, 0.15) is 0 Å². The van der Waals surface area contributed by atoms with Gasteiger partial charge in [0.05, 0.1) is 0 Å². The normalized spacial score (nSPS) is 9.67. The minimum Gasteiger partial charge on any atom is -0.759 e. The van der Waals surface area contributed by atoms with E-state index >= 15 is 0 Å². The first kappa shape index (κ1) is 37.0. The summed E-state index contributed by atoms with van der Waals surface area (Å²) in [5.41, 5.74) is 0. The molecule has 0 fully saturated rings. The van der Waals surface area contributed by atoms with Crippen LogP contribution in [0.3, 0.4) is 0 Å². The number of hydrogen-bond donors (Lipinski definition) is 0. The number of rotatable bonds is 0. The van der Waals surface area contributed by atoms with Crippen molar-refractivity contribution in [2.75, 3.05) is 0 Å². The van der Waals surface area contributed by atoms with Crippen molar-refractivity contribution < 1.29 is 72.0 Å². The second kappa shape index (κ2) is 15.6. The third kappa shape index (κ3) is 1070. The summed E-state index contributed by atoms with van der Waals surface area (Å²) in [4.78, 5) is 0. The van der Waals surface area contributed by atoms with Crippen molar-refractivity contribution in [3.8, 4) is 0 Å². The fraction of sp³-hybridized carbons (Fsp3) is 0. The van der Waals surface area contributed by atoms with Gasteiger partial charge in [0.2, 0.25) is 0 Å². The summed E-state index contributed by atoms with van der Waals surface area (Å²) >= 11 is 0. The molecule has 18 heteroatoms. The minimum atomic E-state index is -5.17. The number of hydrogen-bond acceptors (Lipinski definition) is 12. The van der Waals surface area contributed by atoms with Crippen LogP contribution in [0, 0.1) is 0 Å². The summed E-state index contributed by atoms with van der Waals surface area (Å²) in [6, 6.07) is 0. The monoisotopic (exact) mass is 416 g/mol.